The molecule has 2 heterocycles. The molecule has 2 rings (SSSR count). The van der Waals surface area contributed by atoms with Crippen molar-refractivity contribution in [2.75, 3.05) is 26.2 Å². The third kappa shape index (κ3) is 3.03. The Balaban J connectivity index is 1.71. The fourth-order valence-electron chi connectivity index (χ4n) is 1.83. The molecule has 0 saturated carbocycles. The summed E-state index contributed by atoms with van der Waals surface area (Å²) in [7, 11) is 0. The number of ether oxygens (including phenoxy) is 1. The van der Waals surface area contributed by atoms with Gasteiger partial charge >= 0.3 is 5.97 Å². The van der Waals surface area contributed by atoms with Gasteiger partial charge in [-0.25, -0.2) is 9.78 Å². The summed E-state index contributed by atoms with van der Waals surface area (Å²) >= 11 is 0. The maximum absolute atomic E-state index is 11.5. The van der Waals surface area contributed by atoms with Crippen LogP contribution < -0.4 is 0 Å². The monoisotopic (exact) mass is 220 g/mol. The van der Waals surface area contributed by atoms with Gasteiger partial charge < -0.3 is 4.74 Å². The summed E-state index contributed by atoms with van der Waals surface area (Å²) in [5.41, 5.74) is 0.379. The summed E-state index contributed by atoms with van der Waals surface area (Å²) in [5.74, 6) is -0.334. The zero-order chi connectivity index (χ0) is 11.2. The summed E-state index contributed by atoms with van der Waals surface area (Å²) in [6.07, 6.45) is 4.11. The van der Waals surface area contributed by atoms with E-state index in [0.717, 1.165) is 19.6 Å². The normalized spacial score (nSPS) is 16.2. The third-order valence-electron chi connectivity index (χ3n) is 2.71. The quantitative estimate of drug-likeness (QED) is 0.718. The predicted octanol–water partition coefficient (Wildman–Crippen LogP) is 1.33. The molecular formula is C12H16N2O2. The molecule has 0 aliphatic carbocycles. The lowest BCUT2D eigenvalue weighted by Gasteiger charge is -2.13. The largest absolute Gasteiger partial charge is 0.460 e. The van der Waals surface area contributed by atoms with Crippen LogP contribution in [0.15, 0.2) is 24.4 Å². The molecule has 0 unspecified atom stereocenters. The molecule has 0 bridgehead atoms. The molecule has 4 heteroatoms. The number of esters is 1. The van der Waals surface area contributed by atoms with Gasteiger partial charge in [-0.1, -0.05) is 6.07 Å². The second-order valence-electron chi connectivity index (χ2n) is 3.90. The molecule has 1 fully saturated rings. The van der Waals surface area contributed by atoms with Gasteiger partial charge in [-0.2, -0.15) is 0 Å². The second kappa shape index (κ2) is 5.61. The molecule has 0 spiro atoms. The number of hydrogen-bond acceptors (Lipinski definition) is 4. The van der Waals surface area contributed by atoms with Crippen molar-refractivity contribution < 1.29 is 9.53 Å². The van der Waals surface area contributed by atoms with Crippen molar-refractivity contribution in [2.45, 2.75) is 12.8 Å². The van der Waals surface area contributed by atoms with Crippen LogP contribution in [0.2, 0.25) is 0 Å². The number of aromatic nitrogens is 1. The molecule has 0 radical (unpaired) electrons. The summed E-state index contributed by atoms with van der Waals surface area (Å²) in [6.45, 7) is 3.54. The highest BCUT2D eigenvalue weighted by atomic mass is 16.5. The topological polar surface area (TPSA) is 42.4 Å². The van der Waals surface area contributed by atoms with Gasteiger partial charge in [0.25, 0.3) is 0 Å². The molecule has 0 aromatic carbocycles. The van der Waals surface area contributed by atoms with Gasteiger partial charge in [0.15, 0.2) is 0 Å². The molecule has 1 saturated heterocycles. The number of hydrogen-bond donors (Lipinski definition) is 0. The third-order valence-corrected chi connectivity index (χ3v) is 2.71. The highest BCUT2D eigenvalue weighted by Gasteiger charge is 2.12. The Bertz CT molecular complexity index is 334. The molecule has 1 aromatic heterocycles. The Labute approximate surface area is 95.2 Å². The molecule has 1 aliphatic heterocycles. The first kappa shape index (κ1) is 11.1. The van der Waals surface area contributed by atoms with Crippen molar-refractivity contribution in [3.8, 4) is 0 Å². The van der Waals surface area contributed by atoms with Crippen LogP contribution in [0.25, 0.3) is 0 Å². The Morgan fingerprint density at radius 1 is 1.38 bits per heavy atom. The first-order valence-corrected chi connectivity index (χ1v) is 5.67. The van der Waals surface area contributed by atoms with Crippen LogP contribution in [0.1, 0.15) is 23.3 Å². The van der Waals surface area contributed by atoms with E-state index in [1.807, 2.05) is 0 Å². The minimum Gasteiger partial charge on any atom is -0.460 e. The van der Waals surface area contributed by atoms with E-state index in [2.05, 4.69) is 9.88 Å². The van der Waals surface area contributed by atoms with Crippen LogP contribution in [0.3, 0.4) is 0 Å². The Kier molecular flexibility index (Phi) is 3.88. The maximum Gasteiger partial charge on any atom is 0.356 e. The second-order valence-corrected chi connectivity index (χ2v) is 3.90. The fraction of sp³-hybridized carbons (Fsp3) is 0.500. The van der Waals surface area contributed by atoms with E-state index in [0.29, 0.717) is 12.3 Å². The Morgan fingerprint density at radius 3 is 2.88 bits per heavy atom. The lowest BCUT2D eigenvalue weighted by Crippen LogP contribution is -2.25. The summed E-state index contributed by atoms with van der Waals surface area (Å²) < 4.78 is 5.15. The van der Waals surface area contributed by atoms with Crippen LogP contribution in [-0.2, 0) is 4.74 Å². The Hall–Kier alpha value is -1.42. The molecule has 1 aromatic rings. The van der Waals surface area contributed by atoms with E-state index in [1.165, 1.54) is 12.8 Å². The maximum atomic E-state index is 11.5. The number of carbonyl (C=O) groups excluding carboxylic acids is 1. The van der Waals surface area contributed by atoms with Gasteiger partial charge in [0, 0.05) is 12.7 Å². The van der Waals surface area contributed by atoms with Crippen molar-refractivity contribution in [1.29, 1.82) is 0 Å². The molecule has 0 N–H and O–H groups in total. The van der Waals surface area contributed by atoms with Gasteiger partial charge in [0.05, 0.1) is 0 Å². The van der Waals surface area contributed by atoms with E-state index in [1.54, 1.807) is 24.4 Å². The standard InChI is InChI=1S/C12H16N2O2/c15-12(11-5-1-2-6-13-11)16-10-9-14-7-3-4-8-14/h1-2,5-6H,3-4,7-10H2. The highest BCUT2D eigenvalue weighted by Crippen LogP contribution is 2.06. The van der Waals surface area contributed by atoms with Crippen molar-refractivity contribution in [2.24, 2.45) is 0 Å². The SMILES string of the molecule is O=C(OCCN1CCCC1)c1ccccn1. The van der Waals surface area contributed by atoms with Crippen LogP contribution in [0, 0.1) is 0 Å². The van der Waals surface area contributed by atoms with Crippen molar-refractivity contribution >= 4 is 5.97 Å². The van der Waals surface area contributed by atoms with Crippen LogP contribution in [0.4, 0.5) is 0 Å². The van der Waals surface area contributed by atoms with Gasteiger partial charge in [0.1, 0.15) is 12.3 Å². The molecule has 0 amide bonds. The van der Waals surface area contributed by atoms with Crippen LogP contribution >= 0.6 is 0 Å². The average molecular weight is 220 g/mol. The number of likely N-dealkylation sites (tertiary alicyclic amines) is 1. The van der Waals surface area contributed by atoms with E-state index >= 15 is 0 Å². The van der Waals surface area contributed by atoms with Gasteiger partial charge in [-0.3, -0.25) is 4.90 Å². The zero-order valence-electron chi connectivity index (χ0n) is 9.26. The molecule has 0 atom stereocenters. The summed E-state index contributed by atoms with van der Waals surface area (Å²) in [4.78, 5) is 17.8. The zero-order valence-corrected chi connectivity index (χ0v) is 9.26. The van der Waals surface area contributed by atoms with Crippen LogP contribution in [0.5, 0.6) is 0 Å². The lowest BCUT2D eigenvalue weighted by atomic mass is 10.3. The van der Waals surface area contributed by atoms with E-state index in [-0.39, 0.29) is 5.97 Å². The first-order chi connectivity index (χ1) is 7.86. The molecule has 4 nitrogen and oxygen atoms in total. The van der Waals surface area contributed by atoms with Gasteiger partial charge in [-0.15, -0.1) is 0 Å². The minimum atomic E-state index is -0.334. The average Bonchev–Trinajstić information content (AvgIpc) is 2.83. The lowest BCUT2D eigenvalue weighted by molar-refractivity contribution is 0.0465. The fourth-order valence-corrected chi connectivity index (χ4v) is 1.83. The molecule has 1 aliphatic rings. The molecular weight excluding hydrogens is 204 g/mol. The Morgan fingerprint density at radius 2 is 2.19 bits per heavy atom. The minimum absolute atomic E-state index is 0.334. The van der Waals surface area contributed by atoms with E-state index in [9.17, 15) is 4.79 Å². The number of rotatable bonds is 4. The number of carbonyl (C=O) groups is 1. The highest BCUT2D eigenvalue weighted by molar-refractivity contribution is 5.87. The molecule has 16 heavy (non-hydrogen) atoms. The van der Waals surface area contributed by atoms with Gasteiger partial charge in [-0.05, 0) is 38.1 Å². The van der Waals surface area contributed by atoms with Crippen molar-refractivity contribution in [3.63, 3.8) is 0 Å². The first-order valence-electron chi connectivity index (χ1n) is 5.67. The van der Waals surface area contributed by atoms with Gasteiger partial charge in [0.2, 0.25) is 0 Å². The summed E-state index contributed by atoms with van der Waals surface area (Å²) in [5, 5.41) is 0. The molecule has 86 valence electrons. The van der Waals surface area contributed by atoms with Crippen molar-refractivity contribution in [1.82, 2.24) is 9.88 Å². The van der Waals surface area contributed by atoms with E-state index in [4.69, 9.17) is 4.74 Å². The smallest absolute Gasteiger partial charge is 0.356 e. The van der Waals surface area contributed by atoms with Crippen molar-refractivity contribution in [3.05, 3.63) is 30.1 Å². The summed E-state index contributed by atoms with van der Waals surface area (Å²) in [6, 6.07) is 5.23. The predicted molar refractivity (Wildman–Crippen MR) is 60.2 cm³/mol. The number of pyridine rings is 1. The van der Waals surface area contributed by atoms with Crippen LogP contribution in [-0.4, -0.2) is 42.1 Å². The number of nitrogens with zero attached hydrogens (tertiary/aromatic N) is 2. The van der Waals surface area contributed by atoms with E-state index < -0.39 is 0 Å².